The van der Waals surface area contributed by atoms with E-state index in [2.05, 4.69) is 38.2 Å². The second-order valence-corrected chi connectivity index (χ2v) is 5.42. The van der Waals surface area contributed by atoms with Crippen LogP contribution in [0.5, 0.6) is 0 Å². The van der Waals surface area contributed by atoms with Crippen molar-refractivity contribution in [3.8, 4) is 0 Å². The van der Waals surface area contributed by atoms with Crippen molar-refractivity contribution < 1.29 is 0 Å². The summed E-state index contributed by atoms with van der Waals surface area (Å²) < 4.78 is 0. The van der Waals surface area contributed by atoms with Crippen LogP contribution in [0.3, 0.4) is 0 Å². The van der Waals surface area contributed by atoms with Crippen LogP contribution in [-0.4, -0.2) is 37.6 Å². The maximum absolute atomic E-state index is 3.40. The molecule has 1 N–H and O–H groups in total. The van der Waals surface area contributed by atoms with Crippen LogP contribution in [0.25, 0.3) is 0 Å². The lowest BCUT2D eigenvalue weighted by Gasteiger charge is -2.36. The summed E-state index contributed by atoms with van der Waals surface area (Å²) in [5, 5.41) is 3.40. The number of rotatable bonds is 6. The SMILES string of the molecule is CCC1CCC(N(C)CC(CC)NC)CC1. The monoisotopic (exact) mass is 226 g/mol. The summed E-state index contributed by atoms with van der Waals surface area (Å²) in [5.74, 6) is 1.01. The van der Waals surface area contributed by atoms with Gasteiger partial charge in [0.15, 0.2) is 0 Å². The van der Waals surface area contributed by atoms with E-state index in [1.54, 1.807) is 0 Å². The van der Waals surface area contributed by atoms with Gasteiger partial charge in [-0.1, -0.05) is 20.3 Å². The third kappa shape index (κ3) is 4.06. The number of nitrogens with one attached hydrogen (secondary N) is 1. The molecule has 1 unspecified atom stereocenters. The van der Waals surface area contributed by atoms with Crippen LogP contribution in [0, 0.1) is 5.92 Å². The standard InChI is InChI=1S/C14H30N2/c1-5-12-7-9-14(10-8-12)16(4)11-13(6-2)15-3/h12-15H,5-11H2,1-4H3. The topological polar surface area (TPSA) is 15.3 Å². The quantitative estimate of drug-likeness (QED) is 0.749. The van der Waals surface area contributed by atoms with Gasteiger partial charge >= 0.3 is 0 Å². The summed E-state index contributed by atoms with van der Waals surface area (Å²) in [6.07, 6.45) is 8.32. The van der Waals surface area contributed by atoms with Crippen LogP contribution < -0.4 is 5.32 Å². The predicted molar refractivity (Wildman–Crippen MR) is 71.8 cm³/mol. The maximum Gasteiger partial charge on any atom is 0.0189 e. The second kappa shape index (κ2) is 7.29. The van der Waals surface area contributed by atoms with Crippen molar-refractivity contribution in [2.45, 2.75) is 64.5 Å². The highest BCUT2D eigenvalue weighted by Gasteiger charge is 2.23. The van der Waals surface area contributed by atoms with Gasteiger partial charge in [-0.05, 0) is 52.1 Å². The van der Waals surface area contributed by atoms with E-state index in [-0.39, 0.29) is 0 Å². The molecule has 1 saturated carbocycles. The van der Waals surface area contributed by atoms with Gasteiger partial charge in [0.1, 0.15) is 0 Å². The van der Waals surface area contributed by atoms with Gasteiger partial charge in [-0.2, -0.15) is 0 Å². The maximum atomic E-state index is 3.40. The molecule has 0 saturated heterocycles. The number of hydrogen-bond donors (Lipinski definition) is 1. The molecule has 0 amide bonds. The van der Waals surface area contributed by atoms with Crippen molar-refractivity contribution in [1.29, 1.82) is 0 Å². The molecular weight excluding hydrogens is 196 g/mol. The smallest absolute Gasteiger partial charge is 0.0189 e. The Bertz CT molecular complexity index is 170. The van der Waals surface area contributed by atoms with Crippen molar-refractivity contribution in [3.63, 3.8) is 0 Å². The van der Waals surface area contributed by atoms with Crippen LogP contribution in [-0.2, 0) is 0 Å². The molecule has 1 rings (SSSR count). The van der Waals surface area contributed by atoms with Gasteiger partial charge in [-0.25, -0.2) is 0 Å². The zero-order valence-electron chi connectivity index (χ0n) is 11.6. The Balaban J connectivity index is 2.29. The van der Waals surface area contributed by atoms with E-state index in [1.807, 2.05) is 0 Å². The summed E-state index contributed by atoms with van der Waals surface area (Å²) >= 11 is 0. The van der Waals surface area contributed by atoms with Crippen molar-refractivity contribution in [3.05, 3.63) is 0 Å². The van der Waals surface area contributed by atoms with Gasteiger partial charge in [0, 0.05) is 18.6 Å². The Morgan fingerprint density at radius 3 is 2.25 bits per heavy atom. The first-order valence-electron chi connectivity index (χ1n) is 7.08. The molecule has 0 aliphatic heterocycles. The number of nitrogens with zero attached hydrogens (tertiary/aromatic N) is 1. The number of likely N-dealkylation sites (N-methyl/N-ethyl adjacent to an activating group) is 2. The van der Waals surface area contributed by atoms with Crippen LogP contribution in [0.1, 0.15) is 52.4 Å². The molecule has 1 atom stereocenters. The molecule has 0 aromatic heterocycles. The van der Waals surface area contributed by atoms with E-state index < -0.39 is 0 Å². The van der Waals surface area contributed by atoms with E-state index >= 15 is 0 Å². The van der Waals surface area contributed by atoms with Crippen LogP contribution in [0.2, 0.25) is 0 Å². The van der Waals surface area contributed by atoms with Gasteiger partial charge in [0.25, 0.3) is 0 Å². The minimum absolute atomic E-state index is 0.661. The fraction of sp³-hybridized carbons (Fsp3) is 1.00. The summed E-state index contributed by atoms with van der Waals surface area (Å²) in [6.45, 7) is 5.81. The lowest BCUT2D eigenvalue weighted by molar-refractivity contribution is 0.151. The third-order valence-electron chi connectivity index (χ3n) is 4.43. The van der Waals surface area contributed by atoms with Gasteiger partial charge in [-0.15, -0.1) is 0 Å². The van der Waals surface area contributed by atoms with Crippen LogP contribution in [0.15, 0.2) is 0 Å². The highest BCUT2D eigenvalue weighted by Crippen LogP contribution is 2.28. The van der Waals surface area contributed by atoms with E-state index in [4.69, 9.17) is 0 Å². The molecule has 0 spiro atoms. The molecule has 2 heteroatoms. The van der Waals surface area contributed by atoms with Crippen molar-refractivity contribution >= 4 is 0 Å². The Kier molecular flexibility index (Phi) is 6.37. The first-order chi connectivity index (χ1) is 7.71. The summed E-state index contributed by atoms with van der Waals surface area (Å²) in [5.41, 5.74) is 0. The van der Waals surface area contributed by atoms with Crippen molar-refractivity contribution in [2.75, 3.05) is 20.6 Å². The van der Waals surface area contributed by atoms with E-state index in [1.165, 1.54) is 45.1 Å². The molecule has 2 nitrogen and oxygen atoms in total. The molecule has 96 valence electrons. The molecule has 1 fully saturated rings. The zero-order chi connectivity index (χ0) is 12.0. The van der Waals surface area contributed by atoms with E-state index in [0.29, 0.717) is 6.04 Å². The Labute approximate surface area is 102 Å². The second-order valence-electron chi connectivity index (χ2n) is 5.42. The summed E-state index contributed by atoms with van der Waals surface area (Å²) in [4.78, 5) is 2.58. The van der Waals surface area contributed by atoms with Crippen molar-refractivity contribution in [2.24, 2.45) is 5.92 Å². The van der Waals surface area contributed by atoms with E-state index in [0.717, 1.165) is 12.0 Å². The molecule has 16 heavy (non-hydrogen) atoms. The molecule has 0 radical (unpaired) electrons. The first kappa shape index (κ1) is 14.0. The normalized spacial score (nSPS) is 28.3. The van der Waals surface area contributed by atoms with E-state index in [9.17, 15) is 0 Å². The molecule has 1 aliphatic carbocycles. The molecule has 0 aromatic carbocycles. The minimum Gasteiger partial charge on any atom is -0.316 e. The Morgan fingerprint density at radius 1 is 1.19 bits per heavy atom. The highest BCUT2D eigenvalue weighted by atomic mass is 15.1. The average molecular weight is 226 g/mol. The molecule has 0 heterocycles. The third-order valence-corrected chi connectivity index (χ3v) is 4.43. The lowest BCUT2D eigenvalue weighted by atomic mass is 9.84. The highest BCUT2D eigenvalue weighted by molar-refractivity contribution is 4.79. The van der Waals surface area contributed by atoms with Gasteiger partial charge in [0.05, 0.1) is 0 Å². The van der Waals surface area contributed by atoms with Gasteiger partial charge < -0.3 is 10.2 Å². The minimum atomic E-state index is 0.661. The van der Waals surface area contributed by atoms with Crippen LogP contribution >= 0.6 is 0 Å². The average Bonchev–Trinajstić information content (AvgIpc) is 2.35. The lowest BCUT2D eigenvalue weighted by Crippen LogP contribution is -2.43. The Hall–Kier alpha value is -0.0800. The Morgan fingerprint density at radius 2 is 1.81 bits per heavy atom. The molecule has 0 aromatic rings. The van der Waals surface area contributed by atoms with Crippen LogP contribution in [0.4, 0.5) is 0 Å². The number of hydrogen-bond acceptors (Lipinski definition) is 2. The fourth-order valence-corrected chi connectivity index (χ4v) is 2.92. The predicted octanol–water partition coefficient (Wildman–Crippen LogP) is 2.89. The van der Waals surface area contributed by atoms with Crippen molar-refractivity contribution in [1.82, 2.24) is 10.2 Å². The van der Waals surface area contributed by atoms with Gasteiger partial charge in [-0.3, -0.25) is 0 Å². The summed E-state index contributed by atoms with van der Waals surface area (Å²) in [7, 11) is 4.38. The largest absolute Gasteiger partial charge is 0.316 e. The molecule has 0 bridgehead atoms. The first-order valence-corrected chi connectivity index (χ1v) is 7.08. The van der Waals surface area contributed by atoms with Gasteiger partial charge in [0.2, 0.25) is 0 Å². The molecule has 1 aliphatic rings. The fourth-order valence-electron chi connectivity index (χ4n) is 2.92. The molecular formula is C14H30N2. The zero-order valence-corrected chi connectivity index (χ0v) is 11.6. The summed E-state index contributed by atoms with van der Waals surface area (Å²) in [6, 6.07) is 1.50.